The minimum atomic E-state index is -1.25. The summed E-state index contributed by atoms with van der Waals surface area (Å²) in [5, 5.41) is 0. The summed E-state index contributed by atoms with van der Waals surface area (Å²) in [6.45, 7) is 5.71. The van der Waals surface area contributed by atoms with Crippen molar-refractivity contribution < 1.29 is 47.7 Å². The fraction of sp³-hybridized carbons (Fsp3) is 0.444. The van der Waals surface area contributed by atoms with Gasteiger partial charge in [0, 0.05) is 25.7 Å². The van der Waals surface area contributed by atoms with Gasteiger partial charge in [0.25, 0.3) is 11.6 Å². The van der Waals surface area contributed by atoms with Gasteiger partial charge in [-0.2, -0.15) is 0 Å². The lowest BCUT2D eigenvalue weighted by molar-refractivity contribution is -0.152. The van der Waals surface area contributed by atoms with Crippen LogP contribution in [-0.2, 0) is 47.7 Å². The van der Waals surface area contributed by atoms with E-state index in [1.54, 1.807) is 0 Å². The van der Waals surface area contributed by atoms with Crippen LogP contribution >= 0.6 is 0 Å². The predicted molar refractivity (Wildman–Crippen MR) is 89.6 cm³/mol. The Labute approximate surface area is 160 Å². The Hall–Kier alpha value is -3.30. The number of carbonyl (C=O) groups excluding carboxylic acids is 6. The molecule has 0 unspecified atom stereocenters. The highest BCUT2D eigenvalue weighted by Gasteiger charge is 2.43. The molecule has 0 saturated carbocycles. The smallest absolute Gasteiger partial charge is 0.311 e. The van der Waals surface area contributed by atoms with Gasteiger partial charge in [0.1, 0.15) is 0 Å². The molecular formula is C18H20O10. The van der Waals surface area contributed by atoms with E-state index in [1.165, 1.54) is 27.7 Å². The SMILES string of the molecule is CCC(=O)OC1=C(OC(=O)CC)C(=O)C(OC(=O)CC)=C(OC(=O)CC)C1=O. The van der Waals surface area contributed by atoms with Crippen molar-refractivity contribution in [2.24, 2.45) is 0 Å². The largest absolute Gasteiger partial charge is 0.418 e. The average molecular weight is 396 g/mol. The van der Waals surface area contributed by atoms with Crippen molar-refractivity contribution in [3.63, 3.8) is 0 Å². The molecule has 0 spiro atoms. The van der Waals surface area contributed by atoms with E-state index < -0.39 is 58.5 Å². The van der Waals surface area contributed by atoms with Crippen molar-refractivity contribution in [3.8, 4) is 0 Å². The topological polar surface area (TPSA) is 139 Å². The molecule has 10 heteroatoms. The Balaban J connectivity index is 3.56. The van der Waals surface area contributed by atoms with Crippen molar-refractivity contribution in [3.05, 3.63) is 23.0 Å². The van der Waals surface area contributed by atoms with Gasteiger partial charge in [0.2, 0.25) is 23.0 Å². The lowest BCUT2D eigenvalue weighted by Crippen LogP contribution is -2.32. The van der Waals surface area contributed by atoms with Gasteiger partial charge in [-0.15, -0.1) is 0 Å². The van der Waals surface area contributed by atoms with Crippen LogP contribution in [0.4, 0.5) is 0 Å². The third-order valence-electron chi connectivity index (χ3n) is 3.26. The normalized spacial score (nSPS) is 14.0. The quantitative estimate of drug-likeness (QED) is 0.336. The number of carbonyl (C=O) groups is 6. The summed E-state index contributed by atoms with van der Waals surface area (Å²) in [5.41, 5.74) is 0. The van der Waals surface area contributed by atoms with E-state index in [2.05, 4.69) is 0 Å². The van der Waals surface area contributed by atoms with Crippen LogP contribution in [0.15, 0.2) is 23.0 Å². The fourth-order valence-electron chi connectivity index (χ4n) is 1.73. The van der Waals surface area contributed by atoms with Crippen molar-refractivity contribution >= 4 is 35.4 Å². The zero-order valence-corrected chi connectivity index (χ0v) is 15.9. The number of ether oxygens (including phenoxy) is 4. The number of hydrogen-bond acceptors (Lipinski definition) is 10. The maximum Gasteiger partial charge on any atom is 0.311 e. The predicted octanol–water partition coefficient (Wildman–Crippen LogP) is 1.37. The van der Waals surface area contributed by atoms with Gasteiger partial charge in [-0.1, -0.05) is 27.7 Å². The first kappa shape index (κ1) is 22.7. The molecule has 0 aromatic carbocycles. The lowest BCUT2D eigenvalue weighted by Gasteiger charge is -2.21. The molecule has 0 N–H and O–H groups in total. The maximum absolute atomic E-state index is 12.7. The summed E-state index contributed by atoms with van der Waals surface area (Å²) in [5.74, 6) is -9.81. The summed E-state index contributed by atoms with van der Waals surface area (Å²) in [7, 11) is 0. The minimum absolute atomic E-state index is 0.161. The molecule has 152 valence electrons. The zero-order valence-electron chi connectivity index (χ0n) is 15.9. The Bertz CT molecular complexity index is 658. The average Bonchev–Trinajstić information content (AvgIpc) is 2.69. The van der Waals surface area contributed by atoms with Crippen LogP contribution in [0.1, 0.15) is 53.4 Å². The molecule has 0 aromatic rings. The number of Topliss-reactive ketones (excluding diaryl/α,β-unsaturated/α-hetero) is 2. The molecule has 10 nitrogen and oxygen atoms in total. The van der Waals surface area contributed by atoms with Crippen LogP contribution in [0, 0.1) is 0 Å². The van der Waals surface area contributed by atoms with Crippen LogP contribution in [0.25, 0.3) is 0 Å². The second-order valence-corrected chi connectivity index (χ2v) is 5.29. The van der Waals surface area contributed by atoms with E-state index in [0.717, 1.165) is 0 Å². The maximum atomic E-state index is 12.7. The molecule has 0 radical (unpaired) electrons. The van der Waals surface area contributed by atoms with Crippen molar-refractivity contribution in [2.75, 3.05) is 0 Å². The molecular weight excluding hydrogens is 376 g/mol. The highest BCUT2D eigenvalue weighted by molar-refractivity contribution is 6.23. The van der Waals surface area contributed by atoms with Gasteiger partial charge < -0.3 is 18.9 Å². The number of rotatable bonds is 8. The minimum Gasteiger partial charge on any atom is -0.418 e. The first-order valence-electron chi connectivity index (χ1n) is 8.60. The third-order valence-corrected chi connectivity index (χ3v) is 3.26. The Kier molecular flexibility index (Phi) is 8.24. The Morgan fingerprint density at radius 2 is 0.679 bits per heavy atom. The van der Waals surface area contributed by atoms with Crippen LogP contribution in [0.2, 0.25) is 0 Å². The summed E-state index contributed by atoms with van der Waals surface area (Å²) in [6.07, 6.45) is -0.645. The first-order chi connectivity index (χ1) is 13.2. The molecule has 28 heavy (non-hydrogen) atoms. The van der Waals surface area contributed by atoms with E-state index >= 15 is 0 Å². The molecule has 0 aromatic heterocycles. The standard InChI is InChI=1S/C18H20O10/c1-5-9(19)25-15-13(23)17(27-11(21)7-3)18(28-12(22)8-4)14(24)16(15)26-10(20)6-2/h5-8H2,1-4H3. The molecule has 0 amide bonds. The molecule has 0 heterocycles. The van der Waals surface area contributed by atoms with E-state index in [-0.39, 0.29) is 25.7 Å². The van der Waals surface area contributed by atoms with E-state index in [1.807, 2.05) is 0 Å². The Morgan fingerprint density at radius 1 is 0.500 bits per heavy atom. The van der Waals surface area contributed by atoms with Gasteiger partial charge in [-0.3, -0.25) is 28.8 Å². The number of esters is 4. The van der Waals surface area contributed by atoms with Crippen LogP contribution in [-0.4, -0.2) is 35.4 Å². The van der Waals surface area contributed by atoms with E-state index in [0.29, 0.717) is 0 Å². The molecule has 1 aliphatic carbocycles. The summed E-state index contributed by atoms with van der Waals surface area (Å²) < 4.78 is 19.3. The van der Waals surface area contributed by atoms with Gasteiger partial charge in [0.05, 0.1) is 0 Å². The van der Waals surface area contributed by atoms with Crippen molar-refractivity contribution in [1.29, 1.82) is 0 Å². The zero-order chi connectivity index (χ0) is 21.4. The second-order valence-electron chi connectivity index (χ2n) is 5.29. The summed E-state index contributed by atoms with van der Waals surface area (Å²) >= 11 is 0. The highest BCUT2D eigenvalue weighted by atomic mass is 16.6. The van der Waals surface area contributed by atoms with Gasteiger partial charge in [-0.25, -0.2) is 0 Å². The Morgan fingerprint density at radius 3 is 0.821 bits per heavy atom. The molecule has 1 rings (SSSR count). The first-order valence-corrected chi connectivity index (χ1v) is 8.60. The van der Waals surface area contributed by atoms with Gasteiger partial charge in [0.15, 0.2) is 0 Å². The number of hydrogen-bond donors (Lipinski definition) is 0. The monoisotopic (exact) mass is 396 g/mol. The van der Waals surface area contributed by atoms with E-state index in [9.17, 15) is 28.8 Å². The molecule has 1 aliphatic rings. The fourth-order valence-corrected chi connectivity index (χ4v) is 1.73. The lowest BCUT2D eigenvalue weighted by atomic mass is 10.0. The van der Waals surface area contributed by atoms with Crippen LogP contribution < -0.4 is 0 Å². The van der Waals surface area contributed by atoms with Gasteiger partial charge >= 0.3 is 23.9 Å². The van der Waals surface area contributed by atoms with Crippen molar-refractivity contribution in [1.82, 2.24) is 0 Å². The van der Waals surface area contributed by atoms with Crippen LogP contribution in [0.3, 0.4) is 0 Å². The summed E-state index contributed by atoms with van der Waals surface area (Å²) in [6, 6.07) is 0. The molecule has 0 saturated heterocycles. The molecule has 0 bridgehead atoms. The molecule has 0 aliphatic heterocycles. The third kappa shape index (κ3) is 5.35. The van der Waals surface area contributed by atoms with E-state index in [4.69, 9.17) is 18.9 Å². The second kappa shape index (κ2) is 10.1. The molecule has 0 atom stereocenters. The summed E-state index contributed by atoms with van der Waals surface area (Å²) in [4.78, 5) is 72.1. The van der Waals surface area contributed by atoms with Gasteiger partial charge in [-0.05, 0) is 0 Å². The molecule has 0 fully saturated rings. The number of ketones is 2. The van der Waals surface area contributed by atoms with Crippen molar-refractivity contribution in [2.45, 2.75) is 53.4 Å². The highest BCUT2D eigenvalue weighted by Crippen LogP contribution is 2.29. The van der Waals surface area contributed by atoms with Crippen LogP contribution in [0.5, 0.6) is 0 Å².